The lowest BCUT2D eigenvalue weighted by Gasteiger charge is -2.14. The Hall–Kier alpha value is -1.43. The summed E-state index contributed by atoms with van der Waals surface area (Å²) in [6.07, 6.45) is 2.43. The lowest BCUT2D eigenvalue weighted by atomic mass is 9.98. The van der Waals surface area contributed by atoms with Gasteiger partial charge in [-0.2, -0.15) is 0 Å². The van der Waals surface area contributed by atoms with Crippen LogP contribution in [0.5, 0.6) is 5.75 Å². The molecule has 0 bridgehead atoms. The second kappa shape index (κ2) is 6.65. The Morgan fingerprint density at radius 2 is 2.00 bits per heavy atom. The second-order valence-corrected chi connectivity index (χ2v) is 5.21. The molecule has 19 heavy (non-hydrogen) atoms. The molecule has 0 N–H and O–H groups in total. The van der Waals surface area contributed by atoms with Crippen molar-refractivity contribution in [2.24, 2.45) is 0 Å². The Labute approximate surface area is 126 Å². The lowest BCUT2D eigenvalue weighted by molar-refractivity contribution is -0.136. The maximum atomic E-state index is 12.2. The van der Waals surface area contributed by atoms with Gasteiger partial charge in [-0.1, -0.05) is 31.2 Å². The fraction of sp³-hybridized carbons (Fsp3) is 0.200. The maximum absolute atomic E-state index is 12.2. The average Bonchev–Trinajstić information content (AvgIpc) is 2.43. The van der Waals surface area contributed by atoms with Gasteiger partial charge in [0.25, 0.3) is 0 Å². The maximum Gasteiger partial charge on any atom is 0.318 e. The van der Waals surface area contributed by atoms with Crippen molar-refractivity contribution in [3.63, 3.8) is 0 Å². The first kappa shape index (κ1) is 14.0. The van der Waals surface area contributed by atoms with Crippen LogP contribution >= 0.6 is 22.6 Å². The summed E-state index contributed by atoms with van der Waals surface area (Å²) in [7, 11) is 0. The molecule has 0 radical (unpaired) electrons. The third-order valence-electron chi connectivity index (χ3n) is 2.81. The zero-order valence-corrected chi connectivity index (χ0v) is 12.7. The van der Waals surface area contributed by atoms with Crippen molar-refractivity contribution < 1.29 is 9.53 Å². The Bertz CT molecular complexity index is 540. The first-order chi connectivity index (χ1) is 9.20. The molecule has 1 aromatic carbocycles. The molecular formula is C15H14INO2. The molecule has 0 saturated heterocycles. The van der Waals surface area contributed by atoms with Gasteiger partial charge >= 0.3 is 5.97 Å². The summed E-state index contributed by atoms with van der Waals surface area (Å²) in [5, 5.41) is 0. The third-order valence-corrected chi connectivity index (χ3v) is 3.45. The predicted octanol–water partition coefficient (Wildman–Crippen LogP) is 3.79. The standard InChI is InChI=1S/C15H14INO2/c1-2-13(11-8-9-14(16)17-10-11)15(18)19-12-6-4-3-5-7-12/h3-10,13H,2H2,1H3. The van der Waals surface area contributed by atoms with E-state index in [0.717, 1.165) is 9.26 Å². The van der Waals surface area contributed by atoms with E-state index in [1.807, 2.05) is 37.3 Å². The summed E-state index contributed by atoms with van der Waals surface area (Å²) in [6.45, 7) is 1.97. The zero-order valence-electron chi connectivity index (χ0n) is 10.5. The van der Waals surface area contributed by atoms with Gasteiger partial charge < -0.3 is 4.74 Å². The molecule has 1 atom stereocenters. The summed E-state index contributed by atoms with van der Waals surface area (Å²) >= 11 is 2.14. The minimum atomic E-state index is -0.273. The smallest absolute Gasteiger partial charge is 0.318 e. The minimum absolute atomic E-state index is 0.239. The van der Waals surface area contributed by atoms with Crippen LogP contribution in [0.3, 0.4) is 0 Å². The average molecular weight is 367 g/mol. The zero-order chi connectivity index (χ0) is 13.7. The van der Waals surface area contributed by atoms with Gasteiger partial charge in [0.2, 0.25) is 0 Å². The van der Waals surface area contributed by atoms with Gasteiger partial charge in [-0.15, -0.1) is 0 Å². The van der Waals surface area contributed by atoms with Gasteiger partial charge in [0.15, 0.2) is 0 Å². The van der Waals surface area contributed by atoms with Crippen LogP contribution in [0, 0.1) is 3.70 Å². The molecule has 2 aromatic rings. The number of aromatic nitrogens is 1. The first-order valence-electron chi connectivity index (χ1n) is 6.09. The normalized spacial score (nSPS) is 11.9. The van der Waals surface area contributed by atoms with Crippen molar-refractivity contribution in [2.75, 3.05) is 0 Å². The fourth-order valence-corrected chi connectivity index (χ4v) is 2.13. The van der Waals surface area contributed by atoms with Gasteiger partial charge in [0.1, 0.15) is 9.45 Å². The molecule has 1 unspecified atom stereocenters. The molecule has 0 amide bonds. The van der Waals surface area contributed by atoms with E-state index in [0.29, 0.717) is 12.2 Å². The molecule has 0 aliphatic rings. The number of carbonyl (C=O) groups excluding carboxylic acids is 1. The number of rotatable bonds is 4. The van der Waals surface area contributed by atoms with Gasteiger partial charge in [-0.25, -0.2) is 0 Å². The molecule has 0 aliphatic carbocycles. The summed E-state index contributed by atoms with van der Waals surface area (Å²) in [5.41, 5.74) is 0.892. The van der Waals surface area contributed by atoms with Crippen LogP contribution in [0.4, 0.5) is 0 Å². The minimum Gasteiger partial charge on any atom is -0.426 e. The number of halogens is 1. The molecule has 0 saturated carbocycles. The van der Waals surface area contributed by atoms with Crippen molar-refractivity contribution in [1.82, 2.24) is 4.98 Å². The molecule has 1 aromatic heterocycles. The predicted molar refractivity (Wildman–Crippen MR) is 82.1 cm³/mol. The molecule has 1 heterocycles. The van der Waals surface area contributed by atoms with E-state index in [1.54, 1.807) is 18.3 Å². The Morgan fingerprint density at radius 1 is 1.26 bits per heavy atom. The molecule has 98 valence electrons. The number of ether oxygens (including phenoxy) is 1. The number of para-hydroxylation sites is 1. The van der Waals surface area contributed by atoms with Crippen LogP contribution in [-0.4, -0.2) is 11.0 Å². The molecule has 4 heteroatoms. The number of carbonyl (C=O) groups is 1. The third kappa shape index (κ3) is 3.76. The highest BCUT2D eigenvalue weighted by Crippen LogP contribution is 2.22. The topological polar surface area (TPSA) is 39.2 Å². The summed E-state index contributed by atoms with van der Waals surface area (Å²) in [6, 6.07) is 12.9. The molecule has 0 fully saturated rings. The van der Waals surface area contributed by atoms with Crippen LogP contribution in [0.15, 0.2) is 48.7 Å². The highest BCUT2D eigenvalue weighted by Gasteiger charge is 2.21. The number of esters is 1. The summed E-state index contributed by atoms with van der Waals surface area (Å²) in [5.74, 6) is 0.0610. The second-order valence-electron chi connectivity index (χ2n) is 4.11. The van der Waals surface area contributed by atoms with E-state index in [-0.39, 0.29) is 11.9 Å². The largest absolute Gasteiger partial charge is 0.426 e. The number of hydrogen-bond donors (Lipinski definition) is 0. The number of nitrogens with zero attached hydrogens (tertiary/aromatic N) is 1. The Morgan fingerprint density at radius 3 is 2.58 bits per heavy atom. The van der Waals surface area contributed by atoms with E-state index in [1.165, 1.54) is 0 Å². The number of pyridine rings is 1. The van der Waals surface area contributed by atoms with Crippen molar-refractivity contribution in [3.05, 3.63) is 57.9 Å². The van der Waals surface area contributed by atoms with Gasteiger partial charge in [-0.3, -0.25) is 9.78 Å². The molecule has 0 aliphatic heterocycles. The molecule has 3 nitrogen and oxygen atoms in total. The van der Waals surface area contributed by atoms with Crippen LogP contribution in [0.2, 0.25) is 0 Å². The Kier molecular flexibility index (Phi) is 4.90. The van der Waals surface area contributed by atoms with Crippen molar-refractivity contribution in [2.45, 2.75) is 19.3 Å². The van der Waals surface area contributed by atoms with Crippen molar-refractivity contribution >= 4 is 28.6 Å². The Balaban J connectivity index is 2.13. The van der Waals surface area contributed by atoms with Crippen molar-refractivity contribution in [3.8, 4) is 5.75 Å². The van der Waals surface area contributed by atoms with Crippen LogP contribution in [-0.2, 0) is 4.79 Å². The summed E-state index contributed by atoms with van der Waals surface area (Å²) in [4.78, 5) is 16.4. The van der Waals surface area contributed by atoms with Gasteiger partial charge in [-0.05, 0) is 52.8 Å². The van der Waals surface area contributed by atoms with Crippen LogP contribution in [0.1, 0.15) is 24.8 Å². The lowest BCUT2D eigenvalue weighted by Crippen LogP contribution is -2.18. The highest BCUT2D eigenvalue weighted by molar-refractivity contribution is 14.1. The SMILES string of the molecule is CCC(C(=O)Oc1ccccc1)c1ccc(I)nc1. The number of benzene rings is 1. The van der Waals surface area contributed by atoms with E-state index >= 15 is 0 Å². The first-order valence-corrected chi connectivity index (χ1v) is 7.16. The van der Waals surface area contributed by atoms with E-state index in [9.17, 15) is 4.79 Å². The fourth-order valence-electron chi connectivity index (χ4n) is 1.81. The van der Waals surface area contributed by atoms with E-state index in [4.69, 9.17) is 4.74 Å². The van der Waals surface area contributed by atoms with E-state index in [2.05, 4.69) is 27.6 Å². The van der Waals surface area contributed by atoms with Gasteiger partial charge in [0.05, 0.1) is 5.92 Å². The monoisotopic (exact) mass is 367 g/mol. The number of hydrogen-bond acceptors (Lipinski definition) is 3. The van der Waals surface area contributed by atoms with Crippen molar-refractivity contribution in [1.29, 1.82) is 0 Å². The molecule has 0 spiro atoms. The van der Waals surface area contributed by atoms with E-state index < -0.39 is 0 Å². The van der Waals surface area contributed by atoms with Gasteiger partial charge in [0, 0.05) is 6.20 Å². The van der Waals surface area contributed by atoms with Crippen LogP contribution in [0.25, 0.3) is 0 Å². The molecular weight excluding hydrogens is 353 g/mol. The summed E-state index contributed by atoms with van der Waals surface area (Å²) < 4.78 is 6.29. The van der Waals surface area contributed by atoms with Crippen LogP contribution < -0.4 is 4.74 Å². The quantitative estimate of drug-likeness (QED) is 0.357. The highest BCUT2D eigenvalue weighted by atomic mass is 127. The molecule has 2 rings (SSSR count).